The molecule has 3 heteroatoms. The van der Waals surface area contributed by atoms with Gasteiger partial charge in [0.2, 0.25) is 0 Å². The molecule has 0 heterocycles. The van der Waals surface area contributed by atoms with Gasteiger partial charge in [0.25, 0.3) is 0 Å². The normalized spacial score (nSPS) is 15.3. The molecule has 2 atom stereocenters. The van der Waals surface area contributed by atoms with E-state index in [1.165, 1.54) is 11.1 Å². The topological polar surface area (TPSA) is 17.1 Å². The lowest BCUT2D eigenvalue weighted by atomic mass is 9.92. The molecular weight excluding hydrogens is 276 g/mol. The summed E-state index contributed by atoms with van der Waals surface area (Å²) in [4.78, 5) is 0. The fourth-order valence-electron chi connectivity index (χ4n) is 2.14. The van der Waals surface area contributed by atoms with Gasteiger partial charge in [0.05, 0.1) is 0 Å². The molecule has 0 aliphatic carbocycles. The highest BCUT2D eigenvalue weighted by atomic mass is 35.5. The molecule has 0 saturated heterocycles. The Morgan fingerprint density at radius 2 is 1.89 bits per heavy atom. The van der Waals surface area contributed by atoms with E-state index in [9.17, 15) is 4.21 Å². The first-order valence-electron chi connectivity index (χ1n) is 6.96. The van der Waals surface area contributed by atoms with Crippen LogP contribution in [0.4, 0.5) is 0 Å². The molecule has 0 radical (unpaired) electrons. The highest BCUT2D eigenvalue weighted by Crippen LogP contribution is 2.29. The van der Waals surface area contributed by atoms with Crippen molar-refractivity contribution < 1.29 is 4.21 Å². The van der Waals surface area contributed by atoms with Crippen molar-refractivity contribution in [2.24, 2.45) is 0 Å². The standard InChI is InChI=1S/C16H25ClOS/c1-6-12-10-14(17)8-9-15(12)13(7-2)11-19(18)16(3,4)5/h8-10,13H,6-7,11H2,1-5H3/t13-,19?/m1/s1. The van der Waals surface area contributed by atoms with Crippen molar-refractivity contribution in [2.45, 2.75) is 58.1 Å². The molecule has 0 N–H and O–H groups in total. The van der Waals surface area contributed by atoms with Gasteiger partial charge in [0.15, 0.2) is 0 Å². The largest absolute Gasteiger partial charge is 0.259 e. The van der Waals surface area contributed by atoms with Gasteiger partial charge in [-0.25, -0.2) is 0 Å². The minimum absolute atomic E-state index is 0.147. The van der Waals surface area contributed by atoms with Gasteiger partial charge < -0.3 is 0 Å². The Hall–Kier alpha value is -0.340. The summed E-state index contributed by atoms with van der Waals surface area (Å²) in [6, 6.07) is 6.09. The fraction of sp³-hybridized carbons (Fsp3) is 0.625. The van der Waals surface area contributed by atoms with Crippen LogP contribution in [0.15, 0.2) is 18.2 Å². The lowest BCUT2D eigenvalue weighted by Crippen LogP contribution is -2.27. The minimum atomic E-state index is -0.816. The average Bonchev–Trinajstić information content (AvgIpc) is 2.34. The van der Waals surface area contributed by atoms with E-state index in [1.54, 1.807) is 0 Å². The van der Waals surface area contributed by atoms with Gasteiger partial charge >= 0.3 is 0 Å². The summed E-state index contributed by atoms with van der Waals surface area (Å²) >= 11 is 6.06. The van der Waals surface area contributed by atoms with Crippen LogP contribution in [0.1, 0.15) is 58.1 Å². The van der Waals surface area contributed by atoms with Crippen LogP contribution in [0, 0.1) is 0 Å². The molecule has 1 nitrogen and oxygen atoms in total. The third kappa shape index (κ3) is 4.61. The number of hydrogen-bond donors (Lipinski definition) is 0. The molecule has 0 bridgehead atoms. The molecule has 0 aromatic heterocycles. The molecule has 1 aromatic rings. The zero-order chi connectivity index (χ0) is 14.6. The van der Waals surface area contributed by atoms with Crippen molar-refractivity contribution in [1.29, 1.82) is 0 Å². The monoisotopic (exact) mass is 300 g/mol. The Labute approximate surface area is 125 Å². The second-order valence-corrected chi connectivity index (χ2v) is 8.61. The maximum atomic E-state index is 12.4. The smallest absolute Gasteiger partial charge is 0.0408 e. The first-order valence-corrected chi connectivity index (χ1v) is 8.66. The first-order chi connectivity index (χ1) is 8.79. The Morgan fingerprint density at radius 1 is 1.26 bits per heavy atom. The molecule has 0 amide bonds. The molecule has 108 valence electrons. The second-order valence-electron chi connectivity index (χ2n) is 5.93. The van der Waals surface area contributed by atoms with E-state index in [4.69, 9.17) is 11.6 Å². The molecule has 19 heavy (non-hydrogen) atoms. The molecule has 0 aliphatic rings. The summed E-state index contributed by atoms with van der Waals surface area (Å²) < 4.78 is 12.2. The van der Waals surface area contributed by atoms with E-state index in [0.717, 1.165) is 23.6 Å². The first kappa shape index (κ1) is 16.7. The van der Waals surface area contributed by atoms with Crippen LogP contribution in [0.2, 0.25) is 5.02 Å². The van der Waals surface area contributed by atoms with Gasteiger partial charge in [-0.05, 0) is 62.8 Å². The maximum absolute atomic E-state index is 12.4. The minimum Gasteiger partial charge on any atom is -0.259 e. The Kier molecular flexibility index (Phi) is 6.07. The number of benzene rings is 1. The predicted molar refractivity (Wildman–Crippen MR) is 86.6 cm³/mol. The van der Waals surface area contributed by atoms with Gasteiger partial charge in [0.1, 0.15) is 0 Å². The second kappa shape index (κ2) is 6.90. The Bertz CT molecular complexity index is 449. The van der Waals surface area contributed by atoms with Gasteiger partial charge in [-0.1, -0.05) is 31.5 Å². The van der Waals surface area contributed by atoms with Crippen molar-refractivity contribution in [3.05, 3.63) is 34.3 Å². The molecule has 1 rings (SSSR count). The average molecular weight is 301 g/mol. The van der Waals surface area contributed by atoms with Gasteiger partial charge in [-0.3, -0.25) is 4.21 Å². The van der Waals surface area contributed by atoms with Gasteiger partial charge in [-0.2, -0.15) is 0 Å². The zero-order valence-corrected chi connectivity index (χ0v) is 14.2. The number of aryl methyl sites for hydroxylation is 1. The molecule has 0 aliphatic heterocycles. The van der Waals surface area contributed by atoms with Crippen molar-refractivity contribution in [3.63, 3.8) is 0 Å². The maximum Gasteiger partial charge on any atom is 0.0408 e. The van der Waals surface area contributed by atoms with Crippen LogP contribution < -0.4 is 0 Å². The highest BCUT2D eigenvalue weighted by Gasteiger charge is 2.24. The van der Waals surface area contributed by atoms with Gasteiger partial charge in [0, 0.05) is 26.3 Å². The fourth-order valence-corrected chi connectivity index (χ4v) is 3.61. The third-order valence-corrected chi connectivity index (χ3v) is 5.76. The van der Waals surface area contributed by atoms with Crippen molar-refractivity contribution in [1.82, 2.24) is 0 Å². The van der Waals surface area contributed by atoms with E-state index in [-0.39, 0.29) is 4.75 Å². The SMILES string of the molecule is CCc1cc(Cl)ccc1[C@H](CC)CS(=O)C(C)(C)C. The van der Waals surface area contributed by atoms with Crippen molar-refractivity contribution in [2.75, 3.05) is 5.75 Å². The highest BCUT2D eigenvalue weighted by molar-refractivity contribution is 7.86. The van der Waals surface area contributed by atoms with Crippen LogP contribution in [0.5, 0.6) is 0 Å². The number of halogens is 1. The molecular formula is C16H25ClOS. The van der Waals surface area contributed by atoms with Crippen LogP contribution in [-0.4, -0.2) is 14.7 Å². The van der Waals surface area contributed by atoms with E-state index in [2.05, 4.69) is 19.9 Å². The van der Waals surface area contributed by atoms with Crippen molar-refractivity contribution in [3.8, 4) is 0 Å². The molecule has 0 spiro atoms. The molecule has 1 aromatic carbocycles. The van der Waals surface area contributed by atoms with Crippen LogP contribution in [0.25, 0.3) is 0 Å². The predicted octanol–water partition coefficient (Wildman–Crippen LogP) is 4.94. The summed E-state index contributed by atoms with van der Waals surface area (Å²) in [5.74, 6) is 1.08. The molecule has 0 saturated carbocycles. The van der Waals surface area contributed by atoms with E-state index in [1.807, 2.05) is 32.9 Å². The third-order valence-electron chi connectivity index (χ3n) is 3.45. The zero-order valence-electron chi connectivity index (χ0n) is 12.6. The molecule has 1 unspecified atom stereocenters. The quantitative estimate of drug-likeness (QED) is 0.752. The van der Waals surface area contributed by atoms with Crippen LogP contribution >= 0.6 is 11.6 Å². The summed E-state index contributed by atoms with van der Waals surface area (Å²) in [6.07, 6.45) is 1.98. The van der Waals surface area contributed by atoms with E-state index < -0.39 is 10.8 Å². The number of rotatable bonds is 5. The van der Waals surface area contributed by atoms with E-state index >= 15 is 0 Å². The van der Waals surface area contributed by atoms with E-state index in [0.29, 0.717) is 5.92 Å². The summed E-state index contributed by atoms with van der Waals surface area (Å²) in [7, 11) is -0.816. The number of hydrogen-bond acceptors (Lipinski definition) is 1. The Balaban J connectivity index is 3.01. The summed E-state index contributed by atoms with van der Waals surface area (Å²) in [5.41, 5.74) is 2.59. The Morgan fingerprint density at radius 3 is 2.37 bits per heavy atom. The van der Waals surface area contributed by atoms with Crippen LogP contribution in [0.3, 0.4) is 0 Å². The lowest BCUT2D eigenvalue weighted by Gasteiger charge is -2.24. The van der Waals surface area contributed by atoms with Gasteiger partial charge in [-0.15, -0.1) is 0 Å². The van der Waals surface area contributed by atoms with Crippen LogP contribution in [-0.2, 0) is 17.2 Å². The summed E-state index contributed by atoms with van der Waals surface area (Å²) in [5, 5.41) is 0.785. The van der Waals surface area contributed by atoms with Crippen molar-refractivity contribution >= 4 is 22.4 Å². The lowest BCUT2D eigenvalue weighted by molar-refractivity contribution is 0.633. The summed E-state index contributed by atoms with van der Waals surface area (Å²) in [6.45, 7) is 10.4. The molecule has 0 fully saturated rings.